The molecule has 2 unspecified atom stereocenters. The number of likely N-dealkylation sites (tertiary alicyclic amines) is 1. The molecule has 0 spiro atoms. The molecule has 3 rings (SSSR count). The van der Waals surface area contributed by atoms with Gasteiger partial charge < -0.3 is 15.4 Å². The molecule has 1 fully saturated rings. The molecule has 104 valence electrons. The second-order valence-electron chi connectivity index (χ2n) is 5.64. The molecule has 1 aromatic carbocycles. The largest absolute Gasteiger partial charge is 0.493 e. The van der Waals surface area contributed by atoms with Crippen LogP contribution in [0, 0.1) is 11.7 Å². The van der Waals surface area contributed by atoms with Crippen molar-refractivity contribution in [3.8, 4) is 5.75 Å². The standard InChI is InChI=1S/C15H21FN2O/c16-12-4-5-14-13(8-12)15(17)11(10-19-14)9-18-6-2-1-3-7-18/h4-5,8,11,15H,1-3,6-7,9-10,17H2. The third-order valence-electron chi connectivity index (χ3n) is 4.23. The van der Waals surface area contributed by atoms with Gasteiger partial charge in [0.2, 0.25) is 0 Å². The monoisotopic (exact) mass is 264 g/mol. The Balaban J connectivity index is 1.71. The maximum absolute atomic E-state index is 13.3. The Labute approximate surface area is 113 Å². The van der Waals surface area contributed by atoms with E-state index in [1.165, 1.54) is 31.4 Å². The van der Waals surface area contributed by atoms with Gasteiger partial charge in [-0.2, -0.15) is 0 Å². The Morgan fingerprint density at radius 3 is 2.84 bits per heavy atom. The summed E-state index contributed by atoms with van der Waals surface area (Å²) in [7, 11) is 0. The fourth-order valence-corrected chi connectivity index (χ4v) is 3.11. The van der Waals surface area contributed by atoms with Gasteiger partial charge in [0.25, 0.3) is 0 Å². The first-order valence-corrected chi connectivity index (χ1v) is 7.14. The molecule has 2 aliphatic heterocycles. The highest BCUT2D eigenvalue weighted by molar-refractivity contribution is 5.38. The van der Waals surface area contributed by atoms with Gasteiger partial charge in [0.15, 0.2) is 0 Å². The zero-order valence-electron chi connectivity index (χ0n) is 11.1. The number of fused-ring (bicyclic) bond motifs is 1. The van der Waals surface area contributed by atoms with E-state index in [4.69, 9.17) is 10.5 Å². The molecule has 2 N–H and O–H groups in total. The molecule has 0 bridgehead atoms. The Morgan fingerprint density at radius 2 is 2.05 bits per heavy atom. The summed E-state index contributed by atoms with van der Waals surface area (Å²) in [6, 6.07) is 4.50. The lowest BCUT2D eigenvalue weighted by Gasteiger charge is -2.36. The molecule has 0 aliphatic carbocycles. The predicted octanol–water partition coefficient (Wildman–Crippen LogP) is 2.32. The summed E-state index contributed by atoms with van der Waals surface area (Å²) in [6.45, 7) is 3.89. The van der Waals surface area contributed by atoms with Gasteiger partial charge in [0, 0.05) is 24.1 Å². The molecule has 0 saturated carbocycles. The Hall–Kier alpha value is -1.13. The van der Waals surface area contributed by atoms with E-state index in [1.807, 2.05) is 0 Å². The van der Waals surface area contributed by atoms with Crippen LogP contribution in [0.25, 0.3) is 0 Å². The van der Waals surface area contributed by atoms with Crippen molar-refractivity contribution < 1.29 is 9.13 Å². The third kappa shape index (κ3) is 2.74. The molecule has 1 saturated heterocycles. The van der Waals surface area contributed by atoms with E-state index < -0.39 is 0 Å². The molecule has 1 aromatic rings. The van der Waals surface area contributed by atoms with Gasteiger partial charge in [-0.15, -0.1) is 0 Å². The highest BCUT2D eigenvalue weighted by Crippen LogP contribution is 2.34. The Bertz CT molecular complexity index is 446. The van der Waals surface area contributed by atoms with Crippen molar-refractivity contribution in [2.45, 2.75) is 25.3 Å². The molecule has 0 aromatic heterocycles. The molecule has 4 heteroatoms. The lowest BCUT2D eigenvalue weighted by molar-refractivity contribution is 0.125. The fourth-order valence-electron chi connectivity index (χ4n) is 3.11. The number of nitrogens with zero attached hydrogens (tertiary/aromatic N) is 1. The molecule has 19 heavy (non-hydrogen) atoms. The smallest absolute Gasteiger partial charge is 0.124 e. The second-order valence-corrected chi connectivity index (χ2v) is 5.64. The molecular weight excluding hydrogens is 243 g/mol. The van der Waals surface area contributed by atoms with Crippen LogP contribution >= 0.6 is 0 Å². The van der Waals surface area contributed by atoms with Crippen LogP contribution in [0.4, 0.5) is 4.39 Å². The van der Waals surface area contributed by atoms with Gasteiger partial charge >= 0.3 is 0 Å². The minimum atomic E-state index is -0.239. The molecule has 2 atom stereocenters. The van der Waals surface area contributed by atoms with E-state index in [0.29, 0.717) is 6.61 Å². The van der Waals surface area contributed by atoms with E-state index >= 15 is 0 Å². The zero-order valence-corrected chi connectivity index (χ0v) is 11.1. The quantitative estimate of drug-likeness (QED) is 0.891. The van der Waals surface area contributed by atoms with Crippen LogP contribution in [0.3, 0.4) is 0 Å². The first kappa shape index (κ1) is 12.9. The van der Waals surface area contributed by atoms with Crippen molar-refractivity contribution in [2.24, 2.45) is 11.7 Å². The summed E-state index contributed by atoms with van der Waals surface area (Å²) in [5.74, 6) is 0.757. The summed E-state index contributed by atoms with van der Waals surface area (Å²) in [6.07, 6.45) is 3.87. The lowest BCUT2D eigenvalue weighted by atomic mass is 9.90. The first-order valence-electron chi connectivity index (χ1n) is 7.14. The van der Waals surface area contributed by atoms with Crippen molar-refractivity contribution in [2.75, 3.05) is 26.2 Å². The molecule has 0 radical (unpaired) electrons. The van der Waals surface area contributed by atoms with Crippen molar-refractivity contribution >= 4 is 0 Å². The Morgan fingerprint density at radius 1 is 1.26 bits per heavy atom. The fraction of sp³-hybridized carbons (Fsp3) is 0.600. The van der Waals surface area contributed by atoms with Crippen molar-refractivity contribution in [1.29, 1.82) is 0 Å². The predicted molar refractivity (Wildman–Crippen MR) is 72.6 cm³/mol. The molecule has 2 heterocycles. The summed E-state index contributed by atoms with van der Waals surface area (Å²) in [4.78, 5) is 2.46. The van der Waals surface area contributed by atoms with Crippen LogP contribution in [0.15, 0.2) is 18.2 Å². The number of benzene rings is 1. The van der Waals surface area contributed by atoms with E-state index in [-0.39, 0.29) is 17.8 Å². The van der Waals surface area contributed by atoms with Gasteiger partial charge in [-0.25, -0.2) is 4.39 Å². The number of hydrogen-bond acceptors (Lipinski definition) is 3. The summed E-state index contributed by atoms with van der Waals surface area (Å²) in [5, 5.41) is 0. The Kier molecular flexibility index (Phi) is 3.71. The number of ether oxygens (including phenoxy) is 1. The van der Waals surface area contributed by atoms with Crippen LogP contribution in [0.5, 0.6) is 5.75 Å². The van der Waals surface area contributed by atoms with Crippen molar-refractivity contribution in [3.05, 3.63) is 29.6 Å². The minimum absolute atomic E-state index is 0.124. The number of hydrogen-bond donors (Lipinski definition) is 1. The van der Waals surface area contributed by atoms with Crippen LogP contribution in [-0.2, 0) is 0 Å². The molecule has 0 amide bonds. The number of nitrogens with two attached hydrogens (primary N) is 1. The van der Waals surface area contributed by atoms with Gasteiger partial charge in [-0.3, -0.25) is 0 Å². The van der Waals surface area contributed by atoms with E-state index in [2.05, 4.69) is 4.90 Å². The highest BCUT2D eigenvalue weighted by Gasteiger charge is 2.30. The van der Waals surface area contributed by atoms with Crippen LogP contribution < -0.4 is 10.5 Å². The van der Waals surface area contributed by atoms with E-state index in [9.17, 15) is 4.39 Å². The average Bonchev–Trinajstić information content (AvgIpc) is 2.44. The summed E-state index contributed by atoms with van der Waals surface area (Å²) in [5.41, 5.74) is 7.12. The third-order valence-corrected chi connectivity index (χ3v) is 4.23. The van der Waals surface area contributed by atoms with Gasteiger partial charge in [-0.1, -0.05) is 6.42 Å². The van der Waals surface area contributed by atoms with E-state index in [0.717, 1.165) is 30.9 Å². The zero-order chi connectivity index (χ0) is 13.2. The summed E-state index contributed by atoms with van der Waals surface area (Å²) >= 11 is 0. The minimum Gasteiger partial charge on any atom is -0.493 e. The van der Waals surface area contributed by atoms with Gasteiger partial charge in [0.05, 0.1) is 6.61 Å². The lowest BCUT2D eigenvalue weighted by Crippen LogP contribution is -2.42. The van der Waals surface area contributed by atoms with Crippen LogP contribution in [0.1, 0.15) is 30.9 Å². The van der Waals surface area contributed by atoms with Crippen LogP contribution in [0.2, 0.25) is 0 Å². The number of piperidine rings is 1. The maximum Gasteiger partial charge on any atom is 0.124 e. The topological polar surface area (TPSA) is 38.5 Å². The maximum atomic E-state index is 13.3. The summed E-state index contributed by atoms with van der Waals surface area (Å²) < 4.78 is 19.1. The second kappa shape index (κ2) is 5.47. The normalized spacial score (nSPS) is 27.7. The number of rotatable bonds is 2. The van der Waals surface area contributed by atoms with Crippen LogP contribution in [-0.4, -0.2) is 31.1 Å². The van der Waals surface area contributed by atoms with Crippen molar-refractivity contribution in [1.82, 2.24) is 4.90 Å². The van der Waals surface area contributed by atoms with E-state index in [1.54, 1.807) is 6.07 Å². The first-order chi connectivity index (χ1) is 9.24. The molecule has 2 aliphatic rings. The molecule has 3 nitrogen and oxygen atoms in total. The van der Waals surface area contributed by atoms with Gasteiger partial charge in [0.1, 0.15) is 11.6 Å². The van der Waals surface area contributed by atoms with Gasteiger partial charge in [-0.05, 0) is 44.1 Å². The SMILES string of the molecule is NC1c2cc(F)ccc2OCC1CN1CCCCC1. The number of halogens is 1. The van der Waals surface area contributed by atoms with Crippen molar-refractivity contribution in [3.63, 3.8) is 0 Å². The molecular formula is C15H21FN2O. The average molecular weight is 264 g/mol. The highest BCUT2D eigenvalue weighted by atomic mass is 19.1.